The number of fused-ring (bicyclic) bond motifs is 1. The van der Waals surface area contributed by atoms with Gasteiger partial charge in [-0.3, -0.25) is 4.79 Å². The van der Waals surface area contributed by atoms with Gasteiger partial charge in [0.05, 0.1) is 6.42 Å². The van der Waals surface area contributed by atoms with Gasteiger partial charge in [0.1, 0.15) is 0 Å². The molecule has 16 heavy (non-hydrogen) atoms. The highest BCUT2D eigenvalue weighted by Crippen LogP contribution is 2.28. The second-order valence-corrected chi connectivity index (χ2v) is 4.65. The molecule has 86 valence electrons. The van der Waals surface area contributed by atoms with Crippen LogP contribution >= 0.6 is 0 Å². The van der Waals surface area contributed by atoms with Gasteiger partial charge in [0.2, 0.25) is 5.91 Å². The summed E-state index contributed by atoms with van der Waals surface area (Å²) in [5, 5.41) is 6.17. The van der Waals surface area contributed by atoms with Crippen molar-refractivity contribution < 1.29 is 4.79 Å². The molecule has 1 unspecified atom stereocenters. The molecule has 0 saturated heterocycles. The van der Waals surface area contributed by atoms with E-state index in [9.17, 15) is 4.79 Å². The zero-order valence-electron chi connectivity index (χ0n) is 10.0. The number of anilines is 1. The van der Waals surface area contributed by atoms with Crippen molar-refractivity contribution >= 4 is 11.6 Å². The zero-order chi connectivity index (χ0) is 11.7. The molecule has 0 aliphatic carbocycles. The lowest BCUT2D eigenvalue weighted by molar-refractivity contribution is -0.115. The van der Waals surface area contributed by atoms with Gasteiger partial charge in [-0.15, -0.1) is 0 Å². The van der Waals surface area contributed by atoms with E-state index in [0.29, 0.717) is 18.4 Å². The van der Waals surface area contributed by atoms with Crippen LogP contribution in [0.2, 0.25) is 0 Å². The molecule has 0 bridgehead atoms. The first kappa shape index (κ1) is 11.1. The van der Waals surface area contributed by atoms with E-state index in [-0.39, 0.29) is 5.91 Å². The van der Waals surface area contributed by atoms with Crippen LogP contribution < -0.4 is 10.6 Å². The molecule has 3 heteroatoms. The molecule has 0 fully saturated rings. The molecule has 2 rings (SSSR count). The maximum absolute atomic E-state index is 11.3. The van der Waals surface area contributed by atoms with Crippen LogP contribution in [0.4, 0.5) is 5.69 Å². The van der Waals surface area contributed by atoms with E-state index in [2.05, 4.69) is 36.6 Å². The standard InChI is InChI=1S/C13H18N2O/c1-8(2)13(14-3)9-4-5-11-10(6-9)7-12(16)15-11/h4-6,8,13-14H,7H2,1-3H3,(H,15,16). The molecule has 1 heterocycles. The highest BCUT2D eigenvalue weighted by atomic mass is 16.1. The summed E-state index contributed by atoms with van der Waals surface area (Å²) < 4.78 is 0. The number of amides is 1. The molecule has 1 aromatic rings. The van der Waals surface area contributed by atoms with E-state index in [1.165, 1.54) is 5.56 Å². The van der Waals surface area contributed by atoms with Crippen LogP contribution in [-0.4, -0.2) is 13.0 Å². The van der Waals surface area contributed by atoms with Crippen molar-refractivity contribution in [3.63, 3.8) is 0 Å². The van der Waals surface area contributed by atoms with Crippen LogP contribution in [0.15, 0.2) is 18.2 Å². The molecule has 2 N–H and O–H groups in total. The van der Waals surface area contributed by atoms with Crippen molar-refractivity contribution in [1.29, 1.82) is 0 Å². The molecule has 1 amide bonds. The van der Waals surface area contributed by atoms with Crippen LogP contribution in [0.3, 0.4) is 0 Å². The number of hydrogen-bond donors (Lipinski definition) is 2. The Labute approximate surface area is 96.2 Å². The number of carbonyl (C=O) groups is 1. The van der Waals surface area contributed by atoms with Gasteiger partial charge in [0.25, 0.3) is 0 Å². The topological polar surface area (TPSA) is 41.1 Å². The fourth-order valence-electron chi connectivity index (χ4n) is 2.33. The first-order valence-corrected chi connectivity index (χ1v) is 5.71. The van der Waals surface area contributed by atoms with Crippen LogP contribution in [0.1, 0.15) is 31.0 Å². The Hall–Kier alpha value is -1.35. The Kier molecular flexibility index (Phi) is 2.97. The normalized spacial score (nSPS) is 16.1. The van der Waals surface area contributed by atoms with E-state index in [1.807, 2.05) is 13.1 Å². The summed E-state index contributed by atoms with van der Waals surface area (Å²) >= 11 is 0. The Balaban J connectivity index is 2.31. The fourth-order valence-corrected chi connectivity index (χ4v) is 2.33. The third-order valence-electron chi connectivity index (χ3n) is 3.09. The van der Waals surface area contributed by atoms with E-state index in [0.717, 1.165) is 11.3 Å². The predicted octanol–water partition coefficient (Wildman–Crippen LogP) is 2.10. The largest absolute Gasteiger partial charge is 0.326 e. The first-order valence-electron chi connectivity index (χ1n) is 5.71. The molecule has 0 radical (unpaired) electrons. The van der Waals surface area contributed by atoms with Gasteiger partial charge in [-0.05, 0) is 30.2 Å². The lowest BCUT2D eigenvalue weighted by Crippen LogP contribution is -2.21. The summed E-state index contributed by atoms with van der Waals surface area (Å²) in [5.74, 6) is 0.630. The van der Waals surface area contributed by atoms with Crippen LogP contribution in [0, 0.1) is 5.92 Å². The van der Waals surface area contributed by atoms with E-state index in [4.69, 9.17) is 0 Å². The lowest BCUT2D eigenvalue weighted by Gasteiger charge is -2.21. The van der Waals surface area contributed by atoms with Gasteiger partial charge in [-0.2, -0.15) is 0 Å². The molecule has 1 aromatic carbocycles. The Bertz CT molecular complexity index is 412. The summed E-state index contributed by atoms with van der Waals surface area (Å²) in [7, 11) is 1.97. The van der Waals surface area contributed by atoms with Crippen molar-refractivity contribution in [2.45, 2.75) is 26.3 Å². The van der Waals surface area contributed by atoms with Gasteiger partial charge in [0.15, 0.2) is 0 Å². The van der Waals surface area contributed by atoms with Gasteiger partial charge >= 0.3 is 0 Å². The Morgan fingerprint density at radius 2 is 2.12 bits per heavy atom. The van der Waals surface area contributed by atoms with Crippen molar-refractivity contribution in [2.75, 3.05) is 12.4 Å². The molecule has 1 atom stereocenters. The van der Waals surface area contributed by atoms with Crippen molar-refractivity contribution in [2.24, 2.45) is 5.92 Å². The smallest absolute Gasteiger partial charge is 0.228 e. The Morgan fingerprint density at radius 3 is 2.75 bits per heavy atom. The summed E-state index contributed by atoms with van der Waals surface area (Å²) in [5.41, 5.74) is 3.34. The average molecular weight is 218 g/mol. The Morgan fingerprint density at radius 1 is 1.38 bits per heavy atom. The van der Waals surface area contributed by atoms with Crippen LogP contribution in [-0.2, 0) is 11.2 Å². The highest BCUT2D eigenvalue weighted by molar-refractivity contribution is 5.99. The molecule has 0 spiro atoms. The quantitative estimate of drug-likeness (QED) is 0.815. The highest BCUT2D eigenvalue weighted by Gasteiger charge is 2.20. The number of carbonyl (C=O) groups excluding carboxylic acids is 1. The molecule has 3 nitrogen and oxygen atoms in total. The molecule has 1 aliphatic heterocycles. The zero-order valence-corrected chi connectivity index (χ0v) is 10.0. The van der Waals surface area contributed by atoms with Crippen LogP contribution in [0.25, 0.3) is 0 Å². The number of rotatable bonds is 3. The molecular formula is C13H18N2O. The van der Waals surface area contributed by atoms with Crippen molar-refractivity contribution in [3.8, 4) is 0 Å². The van der Waals surface area contributed by atoms with Crippen molar-refractivity contribution in [1.82, 2.24) is 5.32 Å². The number of hydrogen-bond acceptors (Lipinski definition) is 2. The first-order chi connectivity index (χ1) is 7.61. The monoisotopic (exact) mass is 218 g/mol. The van der Waals surface area contributed by atoms with Gasteiger partial charge < -0.3 is 10.6 Å². The molecule has 0 aromatic heterocycles. The SMILES string of the molecule is CNC(c1ccc2c(c1)CC(=O)N2)C(C)C. The maximum atomic E-state index is 11.3. The predicted molar refractivity (Wildman–Crippen MR) is 65.4 cm³/mol. The van der Waals surface area contributed by atoms with E-state index >= 15 is 0 Å². The minimum Gasteiger partial charge on any atom is -0.326 e. The second kappa shape index (κ2) is 4.26. The summed E-state index contributed by atoms with van der Waals surface area (Å²) in [6.07, 6.45) is 0.512. The lowest BCUT2D eigenvalue weighted by atomic mass is 9.94. The average Bonchev–Trinajstić information content (AvgIpc) is 2.57. The third-order valence-corrected chi connectivity index (χ3v) is 3.09. The molecule has 1 aliphatic rings. The summed E-state index contributed by atoms with van der Waals surface area (Å²) in [4.78, 5) is 11.3. The minimum absolute atomic E-state index is 0.0951. The fraction of sp³-hybridized carbons (Fsp3) is 0.462. The minimum atomic E-state index is 0.0951. The van der Waals surface area contributed by atoms with Gasteiger partial charge in [-0.25, -0.2) is 0 Å². The van der Waals surface area contributed by atoms with Gasteiger partial charge in [0, 0.05) is 11.7 Å². The number of benzene rings is 1. The maximum Gasteiger partial charge on any atom is 0.228 e. The molecule has 0 saturated carbocycles. The summed E-state index contributed by atoms with van der Waals surface area (Å²) in [6, 6.07) is 6.57. The van der Waals surface area contributed by atoms with E-state index < -0.39 is 0 Å². The number of nitrogens with one attached hydrogen (secondary N) is 2. The second-order valence-electron chi connectivity index (χ2n) is 4.65. The third kappa shape index (κ3) is 1.95. The van der Waals surface area contributed by atoms with Crippen LogP contribution in [0.5, 0.6) is 0 Å². The molecular weight excluding hydrogens is 200 g/mol. The van der Waals surface area contributed by atoms with E-state index in [1.54, 1.807) is 0 Å². The van der Waals surface area contributed by atoms with Crippen molar-refractivity contribution in [3.05, 3.63) is 29.3 Å². The summed E-state index contributed by atoms with van der Waals surface area (Å²) in [6.45, 7) is 4.38. The van der Waals surface area contributed by atoms with Gasteiger partial charge in [-0.1, -0.05) is 26.0 Å².